The second-order valence-corrected chi connectivity index (χ2v) is 9.98. The second-order valence-electron chi connectivity index (χ2n) is 6.73. The predicted octanol–water partition coefficient (Wildman–Crippen LogP) is 2.71. The summed E-state index contributed by atoms with van der Waals surface area (Å²) in [5.74, 6) is -0.256. The molecular formula is C21H21N3O5S2. The molecule has 0 saturated heterocycles. The molecule has 3 aromatic rings. The average Bonchev–Trinajstić information content (AvgIpc) is 2.73. The fourth-order valence-corrected chi connectivity index (χ4v) is 4.34. The highest BCUT2D eigenvalue weighted by molar-refractivity contribution is 7.92. The zero-order valence-corrected chi connectivity index (χ0v) is 18.0. The molecule has 0 fully saturated rings. The summed E-state index contributed by atoms with van der Waals surface area (Å²) in [6.07, 6.45) is 0.578. The first-order valence-corrected chi connectivity index (χ1v) is 12.3. The maximum absolute atomic E-state index is 12.4. The van der Waals surface area contributed by atoms with Gasteiger partial charge in [0.1, 0.15) is 0 Å². The maximum Gasteiger partial charge on any atom is 0.261 e. The summed E-state index contributed by atoms with van der Waals surface area (Å²) >= 11 is 0. The van der Waals surface area contributed by atoms with Gasteiger partial charge in [-0.2, -0.15) is 0 Å². The van der Waals surface area contributed by atoms with E-state index < -0.39 is 20.0 Å². The van der Waals surface area contributed by atoms with Crippen molar-refractivity contribution in [3.8, 4) is 0 Å². The molecule has 0 aliphatic carbocycles. The number of primary sulfonamides is 1. The average molecular weight is 460 g/mol. The van der Waals surface area contributed by atoms with Crippen LogP contribution in [0.25, 0.3) is 0 Å². The molecule has 0 bridgehead atoms. The van der Waals surface area contributed by atoms with Crippen molar-refractivity contribution >= 4 is 37.3 Å². The molecule has 0 heterocycles. The Morgan fingerprint density at radius 1 is 0.742 bits per heavy atom. The lowest BCUT2D eigenvalue weighted by Crippen LogP contribution is -2.14. The van der Waals surface area contributed by atoms with Crippen molar-refractivity contribution < 1.29 is 21.6 Å². The van der Waals surface area contributed by atoms with E-state index in [4.69, 9.17) is 5.14 Å². The Balaban J connectivity index is 1.56. The lowest BCUT2D eigenvalue weighted by atomic mass is 10.1. The lowest BCUT2D eigenvalue weighted by Gasteiger charge is -2.09. The van der Waals surface area contributed by atoms with Crippen LogP contribution in [0.4, 0.5) is 11.4 Å². The van der Waals surface area contributed by atoms with Crippen LogP contribution in [0.15, 0.2) is 88.7 Å². The zero-order valence-electron chi connectivity index (χ0n) is 16.4. The molecule has 8 nitrogen and oxygen atoms in total. The van der Waals surface area contributed by atoms with Gasteiger partial charge in [0, 0.05) is 17.8 Å². The Morgan fingerprint density at radius 2 is 1.32 bits per heavy atom. The molecule has 4 N–H and O–H groups in total. The Morgan fingerprint density at radius 3 is 1.90 bits per heavy atom. The number of nitrogens with two attached hydrogens (primary N) is 1. The number of hydrogen-bond acceptors (Lipinski definition) is 5. The van der Waals surface area contributed by atoms with Gasteiger partial charge in [0.2, 0.25) is 15.9 Å². The molecule has 3 aromatic carbocycles. The third-order valence-electron chi connectivity index (χ3n) is 4.37. The van der Waals surface area contributed by atoms with Gasteiger partial charge in [0.15, 0.2) is 0 Å². The fraction of sp³-hybridized carbons (Fsp3) is 0.0952. The van der Waals surface area contributed by atoms with Gasteiger partial charge in [-0.25, -0.2) is 22.0 Å². The smallest absolute Gasteiger partial charge is 0.261 e. The van der Waals surface area contributed by atoms with E-state index in [1.807, 2.05) is 0 Å². The number of para-hydroxylation sites is 1. The highest BCUT2D eigenvalue weighted by atomic mass is 32.2. The summed E-state index contributed by atoms with van der Waals surface area (Å²) in [5, 5.41) is 7.76. The summed E-state index contributed by atoms with van der Waals surface area (Å²) in [5.41, 5.74) is 1.71. The van der Waals surface area contributed by atoms with Crippen LogP contribution >= 0.6 is 0 Å². The fourth-order valence-electron chi connectivity index (χ4n) is 2.76. The SMILES string of the molecule is NS(=O)(=O)c1ccc(CCC(=O)Nc2ccc(S(=O)(=O)Nc3ccccc3)cc2)cc1. The molecule has 0 aliphatic rings. The number of nitrogens with one attached hydrogen (secondary N) is 2. The van der Waals surface area contributed by atoms with Crippen molar-refractivity contribution in [3.05, 3.63) is 84.4 Å². The largest absolute Gasteiger partial charge is 0.326 e. The van der Waals surface area contributed by atoms with E-state index in [2.05, 4.69) is 10.0 Å². The molecule has 162 valence electrons. The number of carbonyl (C=O) groups is 1. The molecule has 0 saturated carbocycles. The molecule has 0 spiro atoms. The minimum Gasteiger partial charge on any atom is -0.326 e. The van der Waals surface area contributed by atoms with Gasteiger partial charge in [-0.05, 0) is 60.5 Å². The number of rotatable bonds is 8. The van der Waals surface area contributed by atoms with Crippen molar-refractivity contribution in [2.45, 2.75) is 22.6 Å². The summed E-state index contributed by atoms with van der Waals surface area (Å²) < 4.78 is 49.9. The third-order valence-corrected chi connectivity index (χ3v) is 6.69. The highest BCUT2D eigenvalue weighted by Gasteiger charge is 2.14. The van der Waals surface area contributed by atoms with Gasteiger partial charge in [-0.3, -0.25) is 9.52 Å². The van der Waals surface area contributed by atoms with Crippen LogP contribution < -0.4 is 15.2 Å². The highest BCUT2D eigenvalue weighted by Crippen LogP contribution is 2.18. The van der Waals surface area contributed by atoms with E-state index in [0.29, 0.717) is 17.8 Å². The monoisotopic (exact) mass is 459 g/mol. The third kappa shape index (κ3) is 6.38. The standard InChI is InChI=1S/C21H21N3O5S2/c22-30(26,27)19-11-6-16(7-12-19)8-15-21(25)23-17-9-13-20(14-10-17)31(28,29)24-18-4-2-1-3-5-18/h1-7,9-14,24H,8,15H2,(H,23,25)(H2,22,26,27). The molecule has 31 heavy (non-hydrogen) atoms. The Kier molecular flexibility index (Phi) is 6.74. The second kappa shape index (κ2) is 9.29. The Labute approximate surface area is 181 Å². The van der Waals surface area contributed by atoms with Crippen molar-refractivity contribution in [2.75, 3.05) is 10.0 Å². The summed E-state index contributed by atoms with van der Waals surface area (Å²) in [6.45, 7) is 0. The van der Waals surface area contributed by atoms with E-state index in [1.54, 1.807) is 42.5 Å². The number of amides is 1. The first-order chi connectivity index (χ1) is 14.6. The van der Waals surface area contributed by atoms with Crippen LogP contribution in [0.1, 0.15) is 12.0 Å². The van der Waals surface area contributed by atoms with Crippen LogP contribution in [-0.2, 0) is 31.3 Å². The van der Waals surface area contributed by atoms with Crippen LogP contribution in [0, 0.1) is 0 Å². The number of hydrogen-bond donors (Lipinski definition) is 3. The number of sulfonamides is 2. The Bertz CT molecular complexity index is 1260. The van der Waals surface area contributed by atoms with Gasteiger partial charge < -0.3 is 5.32 Å². The Hall–Kier alpha value is -3.21. The van der Waals surface area contributed by atoms with Crippen molar-refractivity contribution in [3.63, 3.8) is 0 Å². The van der Waals surface area contributed by atoms with Gasteiger partial charge >= 0.3 is 0 Å². The number of benzene rings is 3. The van der Waals surface area contributed by atoms with E-state index in [9.17, 15) is 21.6 Å². The molecule has 1 amide bonds. The van der Waals surface area contributed by atoms with Gasteiger partial charge in [0.25, 0.3) is 10.0 Å². The van der Waals surface area contributed by atoms with Crippen LogP contribution in [0.3, 0.4) is 0 Å². The molecular weight excluding hydrogens is 438 g/mol. The van der Waals surface area contributed by atoms with Crippen LogP contribution in [0.2, 0.25) is 0 Å². The lowest BCUT2D eigenvalue weighted by molar-refractivity contribution is -0.116. The minimum absolute atomic E-state index is 0.0116. The van der Waals surface area contributed by atoms with E-state index in [1.165, 1.54) is 36.4 Å². The number of anilines is 2. The molecule has 0 aromatic heterocycles. The quantitative estimate of drug-likeness (QED) is 0.476. The van der Waals surface area contributed by atoms with Crippen molar-refractivity contribution in [1.82, 2.24) is 0 Å². The number of aryl methyl sites for hydroxylation is 1. The maximum atomic E-state index is 12.4. The zero-order chi connectivity index (χ0) is 22.5. The normalized spacial score (nSPS) is 11.6. The van der Waals surface area contributed by atoms with Gasteiger partial charge in [-0.15, -0.1) is 0 Å². The molecule has 3 rings (SSSR count). The molecule has 0 atom stereocenters. The summed E-state index contributed by atoms with van der Waals surface area (Å²) in [6, 6.07) is 20.4. The van der Waals surface area contributed by atoms with E-state index in [-0.39, 0.29) is 22.1 Å². The van der Waals surface area contributed by atoms with Crippen molar-refractivity contribution in [1.29, 1.82) is 0 Å². The van der Waals surface area contributed by atoms with Gasteiger partial charge in [0.05, 0.1) is 9.79 Å². The summed E-state index contributed by atoms with van der Waals surface area (Å²) in [7, 11) is -7.48. The summed E-state index contributed by atoms with van der Waals surface area (Å²) in [4.78, 5) is 12.3. The topological polar surface area (TPSA) is 135 Å². The molecule has 0 unspecified atom stereocenters. The molecule has 0 radical (unpaired) electrons. The van der Waals surface area contributed by atoms with E-state index in [0.717, 1.165) is 5.56 Å². The molecule has 10 heteroatoms. The first-order valence-electron chi connectivity index (χ1n) is 9.23. The number of carbonyl (C=O) groups excluding carboxylic acids is 1. The first kappa shape index (κ1) is 22.5. The van der Waals surface area contributed by atoms with Crippen LogP contribution in [-0.4, -0.2) is 22.7 Å². The van der Waals surface area contributed by atoms with E-state index >= 15 is 0 Å². The van der Waals surface area contributed by atoms with Gasteiger partial charge in [-0.1, -0.05) is 30.3 Å². The van der Waals surface area contributed by atoms with Crippen LogP contribution in [0.5, 0.6) is 0 Å². The predicted molar refractivity (Wildman–Crippen MR) is 118 cm³/mol. The van der Waals surface area contributed by atoms with Crippen molar-refractivity contribution in [2.24, 2.45) is 5.14 Å². The molecule has 0 aliphatic heterocycles. The minimum atomic E-state index is -3.75.